The molecule has 5 rings (SSSR count). The van der Waals surface area contributed by atoms with E-state index in [-0.39, 0.29) is 5.41 Å². The Morgan fingerprint density at radius 2 is 1.35 bits per heavy atom. The zero-order valence-electron chi connectivity index (χ0n) is 19.6. The molecule has 2 aromatic rings. The zero-order valence-corrected chi connectivity index (χ0v) is 19.6. The van der Waals surface area contributed by atoms with Crippen LogP contribution in [0.1, 0.15) is 98.9 Å². The first-order chi connectivity index (χ1) is 14.9. The topological polar surface area (TPSA) is 20.2 Å². The number of hydrogen-bond donors (Lipinski definition) is 1. The molecule has 0 spiro atoms. The molecule has 0 fully saturated rings. The van der Waals surface area contributed by atoms with Gasteiger partial charge in [0, 0.05) is 22.5 Å². The van der Waals surface area contributed by atoms with Crippen molar-refractivity contribution >= 4 is 0 Å². The maximum atomic E-state index is 11.9. The molecule has 1 nitrogen and oxygen atoms in total. The van der Waals surface area contributed by atoms with Gasteiger partial charge in [0.1, 0.15) is 5.75 Å². The van der Waals surface area contributed by atoms with E-state index in [1.165, 1.54) is 73.6 Å². The molecule has 0 bridgehead atoms. The highest BCUT2D eigenvalue weighted by Gasteiger charge is 2.39. The van der Waals surface area contributed by atoms with Crippen molar-refractivity contribution in [2.75, 3.05) is 0 Å². The van der Waals surface area contributed by atoms with Crippen LogP contribution in [0.2, 0.25) is 0 Å². The van der Waals surface area contributed by atoms with Gasteiger partial charge in [-0.25, -0.2) is 0 Å². The average molecular weight is 413 g/mol. The Bertz CT molecular complexity index is 1050. The van der Waals surface area contributed by atoms with Crippen LogP contribution in [0.3, 0.4) is 0 Å². The largest absolute Gasteiger partial charge is 0.507 e. The van der Waals surface area contributed by atoms with E-state index in [1.54, 1.807) is 22.3 Å². The molecule has 0 heterocycles. The molecular formula is C30H36O. The molecule has 0 aromatic heterocycles. The Labute approximate surface area is 187 Å². The van der Waals surface area contributed by atoms with E-state index >= 15 is 0 Å². The van der Waals surface area contributed by atoms with Crippen LogP contribution in [-0.2, 0) is 5.41 Å². The zero-order chi connectivity index (χ0) is 21.8. The van der Waals surface area contributed by atoms with Crippen LogP contribution in [0.15, 0.2) is 58.7 Å². The molecule has 31 heavy (non-hydrogen) atoms. The summed E-state index contributed by atoms with van der Waals surface area (Å²) in [5, 5.41) is 11.9. The van der Waals surface area contributed by atoms with Crippen LogP contribution < -0.4 is 0 Å². The lowest BCUT2D eigenvalue weighted by Gasteiger charge is -2.32. The maximum absolute atomic E-state index is 11.9. The van der Waals surface area contributed by atoms with E-state index in [2.05, 4.69) is 64.1 Å². The number of rotatable bonds is 3. The number of benzene rings is 2. The first-order valence-corrected chi connectivity index (χ1v) is 12.2. The molecule has 0 saturated carbocycles. The van der Waals surface area contributed by atoms with Gasteiger partial charge < -0.3 is 5.11 Å². The van der Waals surface area contributed by atoms with E-state index in [0.717, 1.165) is 5.56 Å². The van der Waals surface area contributed by atoms with Crippen molar-refractivity contribution in [2.45, 2.75) is 90.4 Å². The Morgan fingerprint density at radius 1 is 0.806 bits per heavy atom. The molecule has 1 heteroatoms. The average Bonchev–Trinajstić information content (AvgIpc) is 3.11. The van der Waals surface area contributed by atoms with Crippen LogP contribution in [0, 0.1) is 13.8 Å². The molecule has 0 saturated heterocycles. The summed E-state index contributed by atoms with van der Waals surface area (Å²) in [6, 6.07) is 12.9. The molecule has 162 valence electrons. The third-order valence-electron chi connectivity index (χ3n) is 8.41. The molecule has 0 unspecified atom stereocenters. The molecule has 3 aliphatic carbocycles. The number of aromatic hydroxyl groups is 1. The normalized spacial score (nSPS) is 19.6. The molecule has 0 radical (unpaired) electrons. The number of hydrogen-bond acceptors (Lipinski definition) is 1. The van der Waals surface area contributed by atoms with Gasteiger partial charge in [-0.2, -0.15) is 0 Å². The number of aryl methyl sites for hydroxylation is 1. The Balaban J connectivity index is 1.72. The molecule has 3 aliphatic rings. The van der Waals surface area contributed by atoms with Crippen LogP contribution in [0.4, 0.5) is 0 Å². The second-order valence-electron chi connectivity index (χ2n) is 10.5. The third-order valence-corrected chi connectivity index (χ3v) is 8.41. The first kappa shape index (κ1) is 20.6. The Morgan fingerprint density at radius 3 is 1.94 bits per heavy atom. The van der Waals surface area contributed by atoms with Gasteiger partial charge in [-0.1, -0.05) is 61.4 Å². The van der Waals surface area contributed by atoms with Gasteiger partial charge in [-0.05, 0) is 93.1 Å². The van der Waals surface area contributed by atoms with Gasteiger partial charge in [0.2, 0.25) is 0 Å². The summed E-state index contributed by atoms with van der Waals surface area (Å²) >= 11 is 0. The van der Waals surface area contributed by atoms with Crippen LogP contribution in [-0.4, -0.2) is 5.11 Å². The number of phenolic OH excluding ortho intramolecular Hbond substituents is 1. The predicted molar refractivity (Wildman–Crippen MR) is 130 cm³/mol. The summed E-state index contributed by atoms with van der Waals surface area (Å²) in [5.41, 5.74) is 12.5. The monoisotopic (exact) mass is 412 g/mol. The third kappa shape index (κ3) is 3.20. The fourth-order valence-electron chi connectivity index (χ4n) is 6.51. The lowest BCUT2D eigenvalue weighted by atomic mass is 9.72. The highest BCUT2D eigenvalue weighted by atomic mass is 16.3. The van der Waals surface area contributed by atoms with Crippen LogP contribution in [0.25, 0.3) is 0 Å². The minimum Gasteiger partial charge on any atom is -0.507 e. The van der Waals surface area contributed by atoms with Crippen molar-refractivity contribution in [3.05, 3.63) is 86.5 Å². The molecule has 2 aromatic carbocycles. The minimum absolute atomic E-state index is 0.245. The maximum Gasteiger partial charge on any atom is 0.124 e. The summed E-state index contributed by atoms with van der Waals surface area (Å²) in [4.78, 5) is 0. The second kappa shape index (κ2) is 7.69. The fourth-order valence-corrected chi connectivity index (χ4v) is 6.51. The van der Waals surface area contributed by atoms with Crippen molar-refractivity contribution in [3.63, 3.8) is 0 Å². The lowest BCUT2D eigenvalue weighted by Crippen LogP contribution is -2.21. The number of phenols is 1. The predicted octanol–water partition coefficient (Wildman–Crippen LogP) is 8.17. The van der Waals surface area contributed by atoms with Crippen LogP contribution >= 0.6 is 0 Å². The second-order valence-corrected chi connectivity index (χ2v) is 10.5. The van der Waals surface area contributed by atoms with Gasteiger partial charge in [0.25, 0.3) is 0 Å². The summed E-state index contributed by atoms with van der Waals surface area (Å²) in [6.07, 6.45) is 10.2. The van der Waals surface area contributed by atoms with Crippen molar-refractivity contribution in [2.24, 2.45) is 0 Å². The van der Waals surface area contributed by atoms with E-state index in [0.29, 0.717) is 11.7 Å². The van der Waals surface area contributed by atoms with Crippen molar-refractivity contribution < 1.29 is 5.11 Å². The van der Waals surface area contributed by atoms with Gasteiger partial charge in [-0.15, -0.1) is 0 Å². The molecule has 0 atom stereocenters. The SMILES string of the molecule is Cc1cc(C(C)(C)c2ccccc2)c(O)c(C2C3=C(CCCC3)C3=C2CCCC3)c1C. The fraction of sp³-hybridized carbons (Fsp3) is 0.467. The summed E-state index contributed by atoms with van der Waals surface area (Å²) in [6.45, 7) is 8.96. The van der Waals surface area contributed by atoms with Gasteiger partial charge >= 0.3 is 0 Å². The molecule has 1 N–H and O–H groups in total. The Kier molecular flexibility index (Phi) is 5.12. The van der Waals surface area contributed by atoms with E-state index < -0.39 is 0 Å². The van der Waals surface area contributed by atoms with Gasteiger partial charge in [0.05, 0.1) is 0 Å². The van der Waals surface area contributed by atoms with Gasteiger partial charge in [-0.3, -0.25) is 0 Å². The van der Waals surface area contributed by atoms with E-state index in [9.17, 15) is 5.11 Å². The highest BCUT2D eigenvalue weighted by molar-refractivity contribution is 5.65. The minimum atomic E-state index is -0.245. The molecule has 0 amide bonds. The summed E-state index contributed by atoms with van der Waals surface area (Å²) in [5.74, 6) is 0.856. The Hall–Kier alpha value is -2.28. The number of fused-ring (bicyclic) bond motifs is 1. The van der Waals surface area contributed by atoms with Crippen molar-refractivity contribution in [1.82, 2.24) is 0 Å². The summed E-state index contributed by atoms with van der Waals surface area (Å²) in [7, 11) is 0. The van der Waals surface area contributed by atoms with E-state index in [1.807, 2.05) is 0 Å². The number of allylic oxidation sites excluding steroid dienone is 4. The summed E-state index contributed by atoms with van der Waals surface area (Å²) < 4.78 is 0. The smallest absolute Gasteiger partial charge is 0.124 e. The standard InChI is InChI=1S/C30H36O/c1-19-18-26(30(3,4)21-12-6-5-7-13-21)29(31)27(20(19)2)28-24-16-10-8-14-22(24)23-15-9-11-17-25(23)28/h5-7,12-13,18,28,31H,8-11,14-17H2,1-4H3. The van der Waals surface area contributed by atoms with E-state index in [4.69, 9.17) is 0 Å². The van der Waals surface area contributed by atoms with Crippen molar-refractivity contribution in [3.8, 4) is 5.75 Å². The quantitative estimate of drug-likeness (QED) is 0.539. The van der Waals surface area contributed by atoms with Gasteiger partial charge in [0.15, 0.2) is 0 Å². The van der Waals surface area contributed by atoms with Crippen molar-refractivity contribution in [1.29, 1.82) is 0 Å². The molecule has 0 aliphatic heterocycles. The van der Waals surface area contributed by atoms with Crippen LogP contribution in [0.5, 0.6) is 5.75 Å². The molecular weight excluding hydrogens is 376 g/mol. The highest BCUT2D eigenvalue weighted by Crippen LogP contribution is 2.57. The lowest BCUT2D eigenvalue weighted by molar-refractivity contribution is 0.442. The first-order valence-electron chi connectivity index (χ1n) is 12.2.